The third-order valence-corrected chi connectivity index (χ3v) is 3.74. The molecular formula is C18H17F2N3O3. The highest BCUT2D eigenvalue weighted by atomic mass is 19.1. The number of rotatable bonds is 6. The molecule has 0 unspecified atom stereocenters. The van der Waals surface area contributed by atoms with Crippen molar-refractivity contribution in [1.82, 2.24) is 14.7 Å². The molecule has 0 N–H and O–H groups in total. The largest absolute Gasteiger partial charge is 0.494 e. The van der Waals surface area contributed by atoms with Crippen LogP contribution in [-0.2, 0) is 13.2 Å². The van der Waals surface area contributed by atoms with E-state index in [2.05, 4.69) is 5.10 Å². The molecule has 1 heterocycles. The summed E-state index contributed by atoms with van der Waals surface area (Å²) in [5.74, 6) is -1.18. The van der Waals surface area contributed by atoms with E-state index in [1.807, 2.05) is 0 Å². The van der Waals surface area contributed by atoms with Crippen molar-refractivity contribution in [2.75, 3.05) is 14.2 Å². The van der Waals surface area contributed by atoms with Gasteiger partial charge in [-0.2, -0.15) is 4.68 Å². The predicted molar refractivity (Wildman–Crippen MR) is 90.6 cm³/mol. The van der Waals surface area contributed by atoms with E-state index < -0.39 is 11.6 Å². The van der Waals surface area contributed by atoms with Gasteiger partial charge in [-0.15, -0.1) is 5.10 Å². The lowest BCUT2D eigenvalue weighted by Gasteiger charge is -2.16. The lowest BCUT2D eigenvalue weighted by Crippen LogP contribution is -2.28. The fraction of sp³-hybridized carbons (Fsp3) is 0.222. The van der Waals surface area contributed by atoms with Crippen molar-refractivity contribution in [2.24, 2.45) is 0 Å². The molecule has 0 saturated carbocycles. The number of methoxy groups -OCH3 is 1. The number of hydrogen-bond acceptors (Lipinski definition) is 5. The van der Waals surface area contributed by atoms with Gasteiger partial charge in [-0.1, -0.05) is 6.07 Å². The van der Waals surface area contributed by atoms with E-state index >= 15 is 0 Å². The molecule has 0 atom stereocenters. The standard InChI is InChI=1S/C18H17F2N3O3/c1-22(10-12-3-8-16(25-2)15(20)9-12)11-23-18(24)26-17(21-23)13-4-6-14(19)7-5-13/h3-9H,10-11H2,1-2H3. The highest BCUT2D eigenvalue weighted by Crippen LogP contribution is 2.19. The number of nitrogens with zero attached hydrogens (tertiary/aromatic N) is 3. The van der Waals surface area contributed by atoms with Crippen LogP contribution in [0.3, 0.4) is 0 Å². The monoisotopic (exact) mass is 361 g/mol. The molecule has 3 aromatic rings. The number of ether oxygens (including phenoxy) is 1. The van der Waals surface area contributed by atoms with Crippen molar-refractivity contribution in [1.29, 1.82) is 0 Å². The summed E-state index contributed by atoms with van der Waals surface area (Å²) >= 11 is 0. The Morgan fingerprint density at radius 2 is 1.92 bits per heavy atom. The molecule has 136 valence electrons. The third kappa shape index (κ3) is 3.97. The Balaban J connectivity index is 1.71. The van der Waals surface area contributed by atoms with Gasteiger partial charge in [-0.25, -0.2) is 13.6 Å². The molecular weight excluding hydrogens is 344 g/mol. The molecule has 6 nitrogen and oxygen atoms in total. The van der Waals surface area contributed by atoms with Crippen molar-refractivity contribution in [3.8, 4) is 17.2 Å². The zero-order chi connectivity index (χ0) is 18.7. The fourth-order valence-electron chi connectivity index (χ4n) is 2.50. The van der Waals surface area contributed by atoms with Crippen molar-refractivity contribution in [3.63, 3.8) is 0 Å². The molecule has 0 bridgehead atoms. The summed E-state index contributed by atoms with van der Waals surface area (Å²) in [6, 6.07) is 10.2. The van der Waals surface area contributed by atoms with Crippen molar-refractivity contribution < 1.29 is 17.9 Å². The molecule has 0 amide bonds. The second-order valence-corrected chi connectivity index (χ2v) is 5.80. The van der Waals surface area contributed by atoms with Gasteiger partial charge in [0.2, 0.25) is 5.89 Å². The van der Waals surface area contributed by atoms with Crippen LogP contribution >= 0.6 is 0 Å². The molecule has 0 aliphatic rings. The van der Waals surface area contributed by atoms with Gasteiger partial charge in [0, 0.05) is 12.1 Å². The first kappa shape index (κ1) is 17.8. The van der Waals surface area contributed by atoms with Gasteiger partial charge in [0.15, 0.2) is 11.6 Å². The number of aromatic nitrogens is 2. The van der Waals surface area contributed by atoms with E-state index in [0.29, 0.717) is 12.1 Å². The minimum absolute atomic E-state index is 0.110. The lowest BCUT2D eigenvalue weighted by molar-refractivity contribution is 0.236. The summed E-state index contributed by atoms with van der Waals surface area (Å²) in [5.41, 5.74) is 1.23. The van der Waals surface area contributed by atoms with Crippen LogP contribution in [0.25, 0.3) is 11.5 Å². The zero-order valence-electron chi connectivity index (χ0n) is 14.3. The second-order valence-electron chi connectivity index (χ2n) is 5.80. The van der Waals surface area contributed by atoms with Gasteiger partial charge in [-0.05, 0) is 49.0 Å². The Morgan fingerprint density at radius 3 is 2.58 bits per heavy atom. The van der Waals surface area contributed by atoms with E-state index in [9.17, 15) is 13.6 Å². The first-order valence-corrected chi connectivity index (χ1v) is 7.81. The van der Waals surface area contributed by atoms with E-state index in [1.165, 1.54) is 37.4 Å². The van der Waals surface area contributed by atoms with E-state index in [0.717, 1.165) is 10.2 Å². The average Bonchev–Trinajstić information content (AvgIpc) is 2.96. The first-order valence-electron chi connectivity index (χ1n) is 7.81. The van der Waals surface area contributed by atoms with Gasteiger partial charge in [0.05, 0.1) is 7.11 Å². The molecule has 0 radical (unpaired) electrons. The number of halogens is 2. The van der Waals surface area contributed by atoms with Crippen LogP contribution in [-0.4, -0.2) is 28.8 Å². The van der Waals surface area contributed by atoms with Gasteiger partial charge >= 0.3 is 5.76 Å². The molecule has 0 aliphatic carbocycles. The van der Waals surface area contributed by atoms with Crippen molar-refractivity contribution in [2.45, 2.75) is 13.2 Å². The lowest BCUT2D eigenvalue weighted by atomic mass is 10.2. The molecule has 8 heteroatoms. The normalized spacial score (nSPS) is 11.1. The molecule has 1 aromatic heterocycles. The number of benzene rings is 2. The fourth-order valence-corrected chi connectivity index (χ4v) is 2.50. The van der Waals surface area contributed by atoms with Crippen LogP contribution in [0.5, 0.6) is 5.75 Å². The molecule has 0 aliphatic heterocycles. The number of hydrogen-bond donors (Lipinski definition) is 0. The maximum Gasteiger partial charge on any atom is 0.438 e. The zero-order valence-corrected chi connectivity index (χ0v) is 14.3. The maximum atomic E-state index is 13.8. The summed E-state index contributed by atoms with van der Waals surface area (Å²) in [7, 11) is 3.17. The van der Waals surface area contributed by atoms with Gasteiger partial charge in [-0.3, -0.25) is 4.90 Å². The van der Waals surface area contributed by atoms with E-state index in [-0.39, 0.29) is 24.1 Å². The molecule has 0 saturated heterocycles. The van der Waals surface area contributed by atoms with Gasteiger partial charge in [0.25, 0.3) is 0 Å². The highest BCUT2D eigenvalue weighted by Gasteiger charge is 2.13. The molecule has 0 spiro atoms. The Hall–Kier alpha value is -3.00. The summed E-state index contributed by atoms with van der Waals surface area (Å²) in [5, 5.41) is 4.12. The van der Waals surface area contributed by atoms with Crippen LogP contribution in [0, 0.1) is 11.6 Å². The van der Waals surface area contributed by atoms with Crippen LogP contribution in [0.15, 0.2) is 51.7 Å². The Kier molecular flexibility index (Phi) is 5.13. The van der Waals surface area contributed by atoms with Crippen LogP contribution < -0.4 is 10.5 Å². The molecule has 0 fully saturated rings. The highest BCUT2D eigenvalue weighted by molar-refractivity contribution is 5.51. The average molecular weight is 361 g/mol. The first-order chi connectivity index (χ1) is 12.5. The van der Waals surface area contributed by atoms with Crippen LogP contribution in [0.1, 0.15) is 5.56 Å². The smallest absolute Gasteiger partial charge is 0.438 e. The Bertz CT molecular complexity index is 951. The molecule has 3 rings (SSSR count). The van der Waals surface area contributed by atoms with Gasteiger partial charge in [0.1, 0.15) is 12.5 Å². The van der Waals surface area contributed by atoms with Crippen LogP contribution in [0.2, 0.25) is 0 Å². The van der Waals surface area contributed by atoms with Gasteiger partial charge < -0.3 is 9.15 Å². The quantitative estimate of drug-likeness (QED) is 0.676. The van der Waals surface area contributed by atoms with Crippen LogP contribution in [0.4, 0.5) is 8.78 Å². The van der Waals surface area contributed by atoms with Crippen molar-refractivity contribution >= 4 is 0 Å². The predicted octanol–water partition coefficient (Wildman–Crippen LogP) is 2.88. The Labute approximate surface area is 148 Å². The third-order valence-electron chi connectivity index (χ3n) is 3.74. The van der Waals surface area contributed by atoms with E-state index in [4.69, 9.17) is 9.15 Å². The minimum atomic E-state index is -0.628. The molecule has 26 heavy (non-hydrogen) atoms. The summed E-state index contributed by atoms with van der Waals surface area (Å²) < 4.78 is 37.9. The summed E-state index contributed by atoms with van der Waals surface area (Å²) in [6.07, 6.45) is 0. The Morgan fingerprint density at radius 1 is 1.19 bits per heavy atom. The topological polar surface area (TPSA) is 60.5 Å². The summed E-state index contributed by atoms with van der Waals surface area (Å²) in [6.45, 7) is 0.545. The second kappa shape index (κ2) is 7.49. The summed E-state index contributed by atoms with van der Waals surface area (Å²) in [4.78, 5) is 13.7. The minimum Gasteiger partial charge on any atom is -0.494 e. The molecule has 2 aromatic carbocycles. The van der Waals surface area contributed by atoms with Crippen molar-refractivity contribution in [3.05, 3.63) is 70.2 Å². The maximum absolute atomic E-state index is 13.8. The SMILES string of the molecule is COc1ccc(CN(C)Cn2nc(-c3ccc(F)cc3)oc2=O)cc1F. The van der Waals surface area contributed by atoms with E-state index in [1.54, 1.807) is 24.1 Å².